The molecule has 0 spiro atoms. The minimum absolute atomic E-state index is 0.102. The fraction of sp³-hybridized carbons (Fsp3) is 0.375. The lowest BCUT2D eigenvalue weighted by Crippen LogP contribution is -2.29. The van der Waals surface area contributed by atoms with Crippen LogP contribution < -0.4 is 5.32 Å². The quantitative estimate of drug-likeness (QED) is 0.941. The summed E-state index contributed by atoms with van der Waals surface area (Å²) in [5.74, 6) is -0.102. The van der Waals surface area contributed by atoms with E-state index in [-0.39, 0.29) is 5.91 Å². The summed E-state index contributed by atoms with van der Waals surface area (Å²) >= 11 is 1.49. The lowest BCUT2D eigenvalue weighted by molar-refractivity contribution is 0.102. The minimum atomic E-state index is -0.102. The molecule has 0 aliphatic carbocycles. The maximum Gasteiger partial charge on any atom is 0.257 e. The number of likely N-dealkylation sites (tertiary alicyclic amines) is 1. The number of rotatable bonds is 4. The predicted molar refractivity (Wildman–Crippen MR) is 85.6 cm³/mol. The highest BCUT2D eigenvalue weighted by molar-refractivity contribution is 7.13. The van der Waals surface area contributed by atoms with E-state index >= 15 is 0 Å². The van der Waals surface area contributed by atoms with Crippen molar-refractivity contribution in [3.63, 3.8) is 0 Å². The molecule has 1 N–H and O–H groups in total. The molecule has 0 bridgehead atoms. The number of hydrogen-bond acceptors (Lipinski definition) is 4. The molecule has 110 valence electrons. The van der Waals surface area contributed by atoms with E-state index < -0.39 is 0 Å². The van der Waals surface area contributed by atoms with Crippen molar-refractivity contribution in [1.82, 2.24) is 9.88 Å². The summed E-state index contributed by atoms with van der Waals surface area (Å²) in [6.07, 6.45) is 3.90. The van der Waals surface area contributed by atoms with Crippen LogP contribution in [0.2, 0.25) is 0 Å². The Bertz CT molecular complexity index is 591. The lowest BCUT2D eigenvalue weighted by atomic mass is 10.1. The number of carbonyl (C=O) groups excluding carboxylic acids is 1. The monoisotopic (exact) mass is 301 g/mol. The number of amides is 1. The first-order valence-corrected chi connectivity index (χ1v) is 8.22. The standard InChI is InChI=1S/C16H19N3OS/c20-15(13-7-3-1-4-8-13)18-16-17-14(12-21-16)11-19-9-5-2-6-10-19/h1,3-4,7-8,12H,2,5-6,9-11H2,(H,17,18,20). The van der Waals surface area contributed by atoms with Crippen LogP contribution in [0.3, 0.4) is 0 Å². The van der Waals surface area contributed by atoms with Crippen LogP contribution in [0.15, 0.2) is 35.7 Å². The first-order chi connectivity index (χ1) is 10.3. The van der Waals surface area contributed by atoms with Gasteiger partial charge in [-0.1, -0.05) is 24.6 Å². The van der Waals surface area contributed by atoms with Gasteiger partial charge in [0.05, 0.1) is 5.69 Å². The molecule has 3 rings (SSSR count). The van der Waals surface area contributed by atoms with E-state index in [0.717, 1.165) is 25.3 Å². The molecule has 1 aromatic heterocycles. The molecule has 5 heteroatoms. The van der Waals surface area contributed by atoms with Crippen molar-refractivity contribution in [3.05, 3.63) is 47.0 Å². The molecule has 1 aliphatic rings. The Morgan fingerprint density at radius 2 is 1.95 bits per heavy atom. The summed E-state index contributed by atoms with van der Waals surface area (Å²) in [7, 11) is 0. The van der Waals surface area contributed by atoms with Crippen molar-refractivity contribution in [1.29, 1.82) is 0 Å². The number of nitrogens with one attached hydrogen (secondary N) is 1. The summed E-state index contributed by atoms with van der Waals surface area (Å²) in [6.45, 7) is 3.20. The Labute approximate surface area is 128 Å². The third kappa shape index (κ3) is 3.89. The van der Waals surface area contributed by atoms with E-state index in [9.17, 15) is 4.79 Å². The summed E-state index contributed by atoms with van der Waals surface area (Å²) < 4.78 is 0. The van der Waals surface area contributed by atoms with Crippen molar-refractivity contribution < 1.29 is 4.79 Å². The normalized spacial score (nSPS) is 15.8. The van der Waals surface area contributed by atoms with Gasteiger partial charge < -0.3 is 0 Å². The molecular weight excluding hydrogens is 282 g/mol. The summed E-state index contributed by atoms with van der Waals surface area (Å²) in [6, 6.07) is 9.23. The van der Waals surface area contributed by atoms with E-state index in [1.807, 2.05) is 23.6 Å². The zero-order valence-corrected chi connectivity index (χ0v) is 12.7. The maximum atomic E-state index is 12.1. The van der Waals surface area contributed by atoms with Crippen LogP contribution in [0.4, 0.5) is 5.13 Å². The predicted octanol–water partition coefficient (Wildman–Crippen LogP) is 3.38. The fourth-order valence-corrected chi connectivity index (χ4v) is 3.24. The van der Waals surface area contributed by atoms with E-state index in [2.05, 4.69) is 15.2 Å². The molecule has 4 nitrogen and oxygen atoms in total. The van der Waals surface area contributed by atoms with Crippen LogP contribution in [-0.2, 0) is 6.54 Å². The van der Waals surface area contributed by atoms with Gasteiger partial charge in [-0.3, -0.25) is 15.0 Å². The summed E-state index contributed by atoms with van der Waals surface area (Å²) in [5.41, 5.74) is 1.70. The van der Waals surface area contributed by atoms with E-state index in [1.165, 1.54) is 30.6 Å². The number of aromatic nitrogens is 1. The molecule has 0 radical (unpaired) electrons. The number of nitrogens with zero attached hydrogens (tertiary/aromatic N) is 2. The molecule has 1 fully saturated rings. The number of hydrogen-bond donors (Lipinski definition) is 1. The van der Waals surface area contributed by atoms with Crippen LogP contribution >= 0.6 is 11.3 Å². The number of thiazole rings is 1. The molecule has 1 aliphatic heterocycles. The third-order valence-electron chi connectivity index (χ3n) is 3.64. The van der Waals surface area contributed by atoms with E-state index in [4.69, 9.17) is 0 Å². The van der Waals surface area contributed by atoms with Gasteiger partial charge in [0.25, 0.3) is 5.91 Å². The zero-order valence-electron chi connectivity index (χ0n) is 11.9. The number of carbonyl (C=O) groups is 1. The van der Waals surface area contributed by atoms with Gasteiger partial charge in [0, 0.05) is 17.5 Å². The molecule has 1 amide bonds. The van der Waals surface area contributed by atoms with Gasteiger partial charge in [-0.2, -0.15) is 0 Å². The second kappa shape index (κ2) is 6.83. The van der Waals surface area contributed by atoms with Gasteiger partial charge in [-0.25, -0.2) is 4.98 Å². The van der Waals surface area contributed by atoms with Crippen molar-refractivity contribution in [2.24, 2.45) is 0 Å². The Morgan fingerprint density at radius 3 is 2.71 bits per heavy atom. The zero-order chi connectivity index (χ0) is 14.5. The van der Waals surface area contributed by atoms with Gasteiger partial charge in [-0.15, -0.1) is 11.3 Å². The molecule has 0 unspecified atom stereocenters. The van der Waals surface area contributed by atoms with Crippen molar-refractivity contribution >= 4 is 22.4 Å². The highest BCUT2D eigenvalue weighted by Gasteiger charge is 2.13. The summed E-state index contributed by atoms with van der Waals surface area (Å²) in [4.78, 5) is 19.0. The second-order valence-electron chi connectivity index (χ2n) is 5.30. The highest BCUT2D eigenvalue weighted by Crippen LogP contribution is 2.19. The van der Waals surface area contributed by atoms with Crippen LogP contribution in [-0.4, -0.2) is 28.9 Å². The molecule has 1 saturated heterocycles. The molecule has 21 heavy (non-hydrogen) atoms. The highest BCUT2D eigenvalue weighted by atomic mass is 32.1. The maximum absolute atomic E-state index is 12.1. The van der Waals surface area contributed by atoms with Gasteiger partial charge in [0.15, 0.2) is 5.13 Å². The SMILES string of the molecule is O=C(Nc1nc(CN2CCCCC2)cs1)c1ccccc1. The molecule has 0 saturated carbocycles. The number of anilines is 1. The fourth-order valence-electron chi connectivity index (χ4n) is 2.54. The molecule has 0 atom stereocenters. The lowest BCUT2D eigenvalue weighted by Gasteiger charge is -2.25. The van der Waals surface area contributed by atoms with Crippen molar-refractivity contribution in [2.75, 3.05) is 18.4 Å². The van der Waals surface area contributed by atoms with Gasteiger partial charge in [0.2, 0.25) is 0 Å². The molecular formula is C16H19N3OS. The largest absolute Gasteiger partial charge is 0.298 e. The molecule has 2 heterocycles. The Kier molecular flexibility index (Phi) is 4.62. The number of piperidine rings is 1. The topological polar surface area (TPSA) is 45.2 Å². The smallest absolute Gasteiger partial charge is 0.257 e. The minimum Gasteiger partial charge on any atom is -0.298 e. The van der Waals surface area contributed by atoms with Crippen molar-refractivity contribution in [3.8, 4) is 0 Å². The van der Waals surface area contributed by atoms with E-state index in [1.54, 1.807) is 12.1 Å². The van der Waals surface area contributed by atoms with Crippen LogP contribution in [0.1, 0.15) is 35.3 Å². The first-order valence-electron chi connectivity index (χ1n) is 7.34. The van der Waals surface area contributed by atoms with Gasteiger partial charge in [-0.05, 0) is 38.1 Å². The van der Waals surface area contributed by atoms with Crippen LogP contribution in [0.5, 0.6) is 0 Å². The Hall–Kier alpha value is -1.72. The second-order valence-corrected chi connectivity index (χ2v) is 6.16. The average Bonchev–Trinajstić information content (AvgIpc) is 2.96. The van der Waals surface area contributed by atoms with Gasteiger partial charge in [0.1, 0.15) is 0 Å². The number of benzene rings is 1. The van der Waals surface area contributed by atoms with Crippen LogP contribution in [0, 0.1) is 0 Å². The van der Waals surface area contributed by atoms with E-state index in [0.29, 0.717) is 10.7 Å². The third-order valence-corrected chi connectivity index (χ3v) is 4.45. The Balaban J connectivity index is 1.58. The van der Waals surface area contributed by atoms with Crippen molar-refractivity contribution in [2.45, 2.75) is 25.8 Å². The van der Waals surface area contributed by atoms with Gasteiger partial charge >= 0.3 is 0 Å². The average molecular weight is 301 g/mol. The molecule has 1 aromatic carbocycles. The Morgan fingerprint density at radius 1 is 1.19 bits per heavy atom. The summed E-state index contributed by atoms with van der Waals surface area (Å²) in [5, 5.41) is 5.58. The van der Waals surface area contributed by atoms with Crippen LogP contribution in [0.25, 0.3) is 0 Å². The molecule has 2 aromatic rings. The first kappa shape index (κ1) is 14.2.